The normalized spacial score (nSPS) is 11.6. The first-order chi connectivity index (χ1) is 5.70. The molecule has 0 aliphatic carbocycles. The first kappa shape index (κ1) is 10.9. The molecule has 12 heavy (non-hydrogen) atoms. The summed E-state index contributed by atoms with van der Waals surface area (Å²) in [7, 11) is -0.415. The zero-order chi connectivity index (χ0) is 9.40. The highest BCUT2D eigenvalue weighted by Crippen LogP contribution is 1.90. The van der Waals surface area contributed by atoms with Gasteiger partial charge < -0.3 is 4.74 Å². The highest BCUT2D eigenvalue weighted by molar-refractivity contribution is 6.45. The molecule has 0 aliphatic rings. The number of nitriles is 1. The second-order valence-corrected chi connectivity index (χ2v) is 4.46. The fourth-order valence-electron chi connectivity index (χ4n) is 0.586. The number of ether oxygens (including phenoxy) is 1. The van der Waals surface area contributed by atoms with Crippen LogP contribution >= 0.6 is 0 Å². The van der Waals surface area contributed by atoms with Crippen LogP contribution in [0.4, 0.5) is 0 Å². The summed E-state index contributed by atoms with van der Waals surface area (Å²) in [5, 5.41) is 9.46. The lowest BCUT2D eigenvalue weighted by atomic mass is 10.5. The van der Waals surface area contributed by atoms with E-state index < -0.39 is 15.5 Å². The van der Waals surface area contributed by atoms with E-state index in [0.717, 1.165) is 0 Å². The maximum absolute atomic E-state index is 10.7. The van der Waals surface area contributed by atoms with Crippen molar-refractivity contribution in [2.75, 3.05) is 6.23 Å². The fourth-order valence-corrected chi connectivity index (χ4v) is 1.53. The van der Waals surface area contributed by atoms with Gasteiger partial charge in [-0.3, -0.25) is 4.79 Å². The van der Waals surface area contributed by atoms with E-state index in [4.69, 9.17) is 10.00 Å². The number of allylic oxidation sites excluding steroid dienone is 2. The molecule has 0 saturated heterocycles. The van der Waals surface area contributed by atoms with Gasteiger partial charge in [-0.1, -0.05) is 11.3 Å². The third-order valence-corrected chi connectivity index (χ3v) is 3.08. The number of carbonyl (C=O) groups is 1. The van der Waals surface area contributed by atoms with Gasteiger partial charge >= 0.3 is 5.97 Å². The van der Waals surface area contributed by atoms with Crippen LogP contribution < -0.4 is 0 Å². The maximum Gasteiger partial charge on any atom is 0.319 e. The van der Waals surface area contributed by atoms with E-state index in [9.17, 15) is 4.79 Å². The van der Waals surface area contributed by atoms with Crippen LogP contribution in [0, 0.1) is 11.3 Å². The van der Waals surface area contributed by atoms with Crippen molar-refractivity contribution in [3.63, 3.8) is 0 Å². The minimum absolute atomic E-state index is 0.136. The van der Waals surface area contributed by atoms with Crippen molar-refractivity contribution >= 4 is 15.5 Å². The molecule has 0 aromatic heterocycles. The number of rotatable bonds is 4. The Balaban J connectivity index is 3.45. The first-order valence-corrected chi connectivity index (χ1v) is 5.55. The van der Waals surface area contributed by atoms with E-state index in [2.05, 4.69) is 0 Å². The lowest BCUT2D eigenvalue weighted by molar-refractivity contribution is -0.140. The van der Waals surface area contributed by atoms with E-state index in [-0.39, 0.29) is 6.42 Å². The Hall–Kier alpha value is -1.08. The van der Waals surface area contributed by atoms with Gasteiger partial charge in [0.05, 0.1) is 21.8 Å². The van der Waals surface area contributed by atoms with Gasteiger partial charge in [-0.05, 0) is 13.8 Å². The lowest BCUT2D eigenvalue weighted by Crippen LogP contribution is -2.10. The van der Waals surface area contributed by atoms with E-state index >= 15 is 0 Å². The molecule has 0 rings (SSSR count). The van der Waals surface area contributed by atoms with Crippen molar-refractivity contribution in [1.82, 2.24) is 0 Å². The zero-order valence-corrected chi connectivity index (χ0v) is 8.88. The number of hydrogen-bond acceptors (Lipinski definition) is 3. The average molecular weight is 183 g/mol. The van der Waals surface area contributed by atoms with Gasteiger partial charge in [0.15, 0.2) is 0 Å². The molecule has 4 heteroatoms. The van der Waals surface area contributed by atoms with Crippen LogP contribution in [0.3, 0.4) is 0 Å². The molecule has 66 valence electrons. The van der Waals surface area contributed by atoms with E-state index in [0.29, 0.717) is 6.23 Å². The number of hydrogen-bond donors (Lipinski definition) is 0. The molecule has 0 fully saturated rings. The Labute approximate surface area is 74.8 Å². The van der Waals surface area contributed by atoms with E-state index in [1.54, 1.807) is 6.07 Å². The van der Waals surface area contributed by atoms with Crippen LogP contribution in [0.1, 0.15) is 20.3 Å². The maximum atomic E-state index is 10.7. The highest BCUT2D eigenvalue weighted by atomic mass is 28.2. The van der Waals surface area contributed by atoms with Gasteiger partial charge in [0.1, 0.15) is 6.42 Å². The van der Waals surface area contributed by atoms with E-state index in [1.165, 1.54) is 5.20 Å². The summed E-state index contributed by atoms with van der Waals surface area (Å²) in [5.74, 6) is -0.408. The topological polar surface area (TPSA) is 50.1 Å². The van der Waals surface area contributed by atoms with Gasteiger partial charge in [-0.25, -0.2) is 0 Å². The minimum atomic E-state index is -0.415. The fraction of sp³-hybridized carbons (Fsp3) is 0.500. The molecule has 0 saturated carbocycles. The van der Waals surface area contributed by atoms with Crippen molar-refractivity contribution in [2.24, 2.45) is 0 Å². The summed E-state index contributed by atoms with van der Waals surface area (Å²) in [6.45, 7) is 4.00. The average Bonchev–Trinajstić information content (AvgIpc) is 2.04. The molecule has 0 aliphatic heterocycles. The smallest absolute Gasteiger partial charge is 0.319 e. The summed E-state index contributed by atoms with van der Waals surface area (Å²) < 4.78 is 4.81. The Morgan fingerprint density at radius 1 is 1.75 bits per heavy atom. The second kappa shape index (κ2) is 6.62. The minimum Gasteiger partial charge on any atom is -0.469 e. The van der Waals surface area contributed by atoms with Gasteiger partial charge in [-0.2, -0.15) is 5.26 Å². The third kappa shape index (κ3) is 5.68. The molecular formula is C8H13NO2Si. The Kier molecular flexibility index (Phi) is 6.02. The number of nitrogens with zero attached hydrogens (tertiary/aromatic N) is 1. The molecule has 0 aromatic rings. The van der Waals surface area contributed by atoms with Gasteiger partial charge in [0, 0.05) is 0 Å². The Morgan fingerprint density at radius 2 is 2.42 bits per heavy atom. The van der Waals surface area contributed by atoms with E-state index in [1.807, 2.05) is 19.9 Å². The molecular weight excluding hydrogens is 170 g/mol. The molecule has 0 spiro atoms. The predicted octanol–water partition coefficient (Wildman–Crippen LogP) is 0.493. The lowest BCUT2D eigenvalue weighted by Gasteiger charge is -2.00. The van der Waals surface area contributed by atoms with Crippen molar-refractivity contribution in [3.8, 4) is 6.07 Å². The van der Waals surface area contributed by atoms with Gasteiger partial charge in [-0.15, -0.1) is 0 Å². The molecule has 3 nitrogen and oxygen atoms in total. The van der Waals surface area contributed by atoms with Gasteiger partial charge in [0.2, 0.25) is 0 Å². The largest absolute Gasteiger partial charge is 0.469 e. The quantitative estimate of drug-likeness (QED) is 0.471. The molecule has 0 unspecified atom stereocenters. The second-order valence-electron chi connectivity index (χ2n) is 2.44. The zero-order valence-electron chi connectivity index (χ0n) is 7.46. The van der Waals surface area contributed by atoms with Crippen LogP contribution in [0.2, 0.25) is 0 Å². The molecule has 0 N–H and O–H groups in total. The molecule has 0 radical (unpaired) electrons. The van der Waals surface area contributed by atoms with Crippen LogP contribution in [-0.4, -0.2) is 21.7 Å². The molecule has 0 amide bonds. The third-order valence-electron chi connectivity index (χ3n) is 1.48. The standard InChI is InChI=1S/C8H13NO2Si/c1-3-7(2)12-6-11-8(10)4-5-9/h3H,4,6,12H2,1-2H3. The monoisotopic (exact) mass is 183 g/mol. The molecule has 0 bridgehead atoms. The summed E-state index contributed by atoms with van der Waals surface area (Å²) >= 11 is 0. The summed E-state index contributed by atoms with van der Waals surface area (Å²) in [5.41, 5.74) is 0. The summed E-state index contributed by atoms with van der Waals surface area (Å²) in [6.07, 6.45) is 2.41. The molecule has 0 aromatic carbocycles. The Bertz CT molecular complexity index is 218. The number of carbonyl (C=O) groups excluding carboxylic acids is 1. The first-order valence-electron chi connectivity index (χ1n) is 3.85. The van der Waals surface area contributed by atoms with Crippen LogP contribution in [-0.2, 0) is 9.53 Å². The molecule has 0 atom stereocenters. The number of esters is 1. The summed E-state index contributed by atoms with van der Waals surface area (Å²) in [6, 6.07) is 1.75. The molecule has 0 heterocycles. The van der Waals surface area contributed by atoms with Crippen LogP contribution in [0.15, 0.2) is 11.3 Å². The van der Waals surface area contributed by atoms with Crippen LogP contribution in [0.25, 0.3) is 0 Å². The SMILES string of the molecule is CC=C(C)[SiH2]COC(=O)CC#N. The highest BCUT2D eigenvalue weighted by Gasteiger charge is 2.00. The van der Waals surface area contributed by atoms with Crippen LogP contribution in [0.5, 0.6) is 0 Å². The Morgan fingerprint density at radius 3 is 2.92 bits per heavy atom. The predicted molar refractivity (Wildman–Crippen MR) is 49.2 cm³/mol. The van der Waals surface area contributed by atoms with Crippen molar-refractivity contribution < 1.29 is 9.53 Å². The van der Waals surface area contributed by atoms with Crippen molar-refractivity contribution in [2.45, 2.75) is 20.3 Å². The summed E-state index contributed by atoms with van der Waals surface area (Å²) in [4.78, 5) is 10.7. The van der Waals surface area contributed by atoms with Crippen molar-refractivity contribution in [3.05, 3.63) is 11.3 Å². The van der Waals surface area contributed by atoms with Crippen molar-refractivity contribution in [1.29, 1.82) is 5.26 Å². The van der Waals surface area contributed by atoms with Gasteiger partial charge in [0.25, 0.3) is 0 Å².